The first kappa shape index (κ1) is 22.7. The summed E-state index contributed by atoms with van der Waals surface area (Å²) in [5.41, 5.74) is 2.47. The van der Waals surface area contributed by atoms with Gasteiger partial charge in [-0.25, -0.2) is 0 Å². The van der Waals surface area contributed by atoms with E-state index in [4.69, 9.17) is 12.2 Å². The van der Waals surface area contributed by atoms with Crippen molar-refractivity contribution in [2.24, 2.45) is 0 Å². The van der Waals surface area contributed by atoms with Gasteiger partial charge in [-0.05, 0) is 65.8 Å². The van der Waals surface area contributed by atoms with Crippen LogP contribution in [0.2, 0.25) is 0 Å². The van der Waals surface area contributed by atoms with Gasteiger partial charge in [0.05, 0.1) is 0 Å². The van der Waals surface area contributed by atoms with Crippen molar-refractivity contribution in [3.05, 3.63) is 72.3 Å². The second kappa shape index (κ2) is 10.4. The number of hydrogen-bond donors (Lipinski definition) is 2. The highest BCUT2D eigenvalue weighted by atomic mass is 32.1. The molecular formula is C26H28N4O2S. The molecule has 0 aromatic heterocycles. The van der Waals surface area contributed by atoms with Gasteiger partial charge in [0.15, 0.2) is 5.11 Å². The quantitative estimate of drug-likeness (QED) is 0.552. The van der Waals surface area contributed by atoms with Crippen LogP contribution in [0.4, 0.5) is 11.4 Å². The molecule has 0 unspecified atom stereocenters. The fourth-order valence-electron chi connectivity index (χ4n) is 4.01. The lowest BCUT2D eigenvalue weighted by Gasteiger charge is -2.36. The Hall–Kier alpha value is -3.45. The molecule has 1 heterocycles. The van der Waals surface area contributed by atoms with Crippen molar-refractivity contribution in [1.82, 2.24) is 10.2 Å². The minimum Gasteiger partial charge on any atom is -0.368 e. The summed E-state index contributed by atoms with van der Waals surface area (Å²) in [7, 11) is 0. The summed E-state index contributed by atoms with van der Waals surface area (Å²) < 4.78 is 0. The second-order valence-electron chi connectivity index (χ2n) is 8.13. The molecular weight excluding hydrogens is 432 g/mol. The maximum absolute atomic E-state index is 12.6. The number of anilines is 2. The molecule has 3 aromatic rings. The standard InChI is InChI=1S/C26H28N4O2S/c1-2-5-24(31)30-16-14-29(15-17-30)23-12-10-22(11-13-23)27-26(33)28-25(32)21-9-8-19-6-3-4-7-20(19)18-21/h3-4,6-13,18H,2,5,14-17H2,1H3,(H2,27,28,32,33). The van der Waals surface area contributed by atoms with E-state index in [1.54, 1.807) is 6.07 Å². The number of carbonyl (C=O) groups excluding carboxylic acids is 2. The number of piperazine rings is 1. The van der Waals surface area contributed by atoms with Gasteiger partial charge < -0.3 is 15.1 Å². The Morgan fingerprint density at radius 2 is 1.61 bits per heavy atom. The summed E-state index contributed by atoms with van der Waals surface area (Å²) >= 11 is 5.33. The van der Waals surface area contributed by atoms with Crippen molar-refractivity contribution in [3.8, 4) is 0 Å². The van der Waals surface area contributed by atoms with Crippen LogP contribution in [-0.2, 0) is 4.79 Å². The number of amides is 2. The van der Waals surface area contributed by atoms with Gasteiger partial charge in [-0.3, -0.25) is 14.9 Å². The highest BCUT2D eigenvalue weighted by Gasteiger charge is 2.20. The second-order valence-corrected chi connectivity index (χ2v) is 8.54. The van der Waals surface area contributed by atoms with Crippen LogP contribution in [0.25, 0.3) is 10.8 Å². The van der Waals surface area contributed by atoms with E-state index in [0.29, 0.717) is 12.0 Å². The molecule has 0 bridgehead atoms. The van der Waals surface area contributed by atoms with Crippen LogP contribution in [0.1, 0.15) is 30.1 Å². The van der Waals surface area contributed by atoms with Crippen molar-refractivity contribution in [2.45, 2.75) is 19.8 Å². The molecule has 2 N–H and O–H groups in total. The maximum Gasteiger partial charge on any atom is 0.257 e. The number of rotatable bonds is 5. The fourth-order valence-corrected chi connectivity index (χ4v) is 4.22. The number of carbonyl (C=O) groups is 2. The molecule has 0 radical (unpaired) electrons. The van der Waals surface area contributed by atoms with Gasteiger partial charge in [0.25, 0.3) is 5.91 Å². The van der Waals surface area contributed by atoms with Gasteiger partial charge in [0.1, 0.15) is 0 Å². The van der Waals surface area contributed by atoms with Crippen molar-refractivity contribution >= 4 is 51.3 Å². The summed E-state index contributed by atoms with van der Waals surface area (Å²) in [5, 5.41) is 8.17. The van der Waals surface area contributed by atoms with Crippen LogP contribution in [-0.4, -0.2) is 48.0 Å². The van der Waals surface area contributed by atoms with Gasteiger partial charge in [-0.15, -0.1) is 0 Å². The molecule has 2 amide bonds. The maximum atomic E-state index is 12.6. The lowest BCUT2D eigenvalue weighted by molar-refractivity contribution is -0.131. The topological polar surface area (TPSA) is 64.7 Å². The van der Waals surface area contributed by atoms with E-state index < -0.39 is 0 Å². The van der Waals surface area contributed by atoms with Crippen molar-refractivity contribution in [1.29, 1.82) is 0 Å². The first-order valence-electron chi connectivity index (χ1n) is 11.3. The number of nitrogens with one attached hydrogen (secondary N) is 2. The van der Waals surface area contributed by atoms with E-state index in [1.807, 2.05) is 72.5 Å². The minimum atomic E-state index is -0.245. The summed E-state index contributed by atoms with van der Waals surface area (Å²) in [6.45, 7) is 5.18. The number of fused-ring (bicyclic) bond motifs is 1. The molecule has 0 saturated carbocycles. The SMILES string of the molecule is CCCC(=O)N1CCN(c2ccc(NC(=S)NC(=O)c3ccc4ccccc4c3)cc2)CC1. The number of nitrogens with zero attached hydrogens (tertiary/aromatic N) is 2. The number of benzene rings is 3. The molecule has 0 aliphatic carbocycles. The van der Waals surface area contributed by atoms with E-state index in [0.717, 1.165) is 54.7 Å². The van der Waals surface area contributed by atoms with Crippen LogP contribution in [0.3, 0.4) is 0 Å². The predicted molar refractivity (Wildman–Crippen MR) is 138 cm³/mol. The Labute approximate surface area is 199 Å². The molecule has 1 saturated heterocycles. The summed E-state index contributed by atoms with van der Waals surface area (Å²) in [4.78, 5) is 28.9. The van der Waals surface area contributed by atoms with Gasteiger partial charge in [-0.1, -0.05) is 37.3 Å². The average Bonchev–Trinajstić information content (AvgIpc) is 2.84. The minimum absolute atomic E-state index is 0.245. The van der Waals surface area contributed by atoms with E-state index >= 15 is 0 Å². The van der Waals surface area contributed by atoms with Crippen LogP contribution >= 0.6 is 12.2 Å². The number of thiocarbonyl (C=S) groups is 1. The molecule has 33 heavy (non-hydrogen) atoms. The zero-order valence-corrected chi connectivity index (χ0v) is 19.5. The lowest BCUT2D eigenvalue weighted by atomic mass is 10.1. The van der Waals surface area contributed by atoms with Crippen molar-refractivity contribution < 1.29 is 9.59 Å². The van der Waals surface area contributed by atoms with Gasteiger partial charge in [-0.2, -0.15) is 0 Å². The van der Waals surface area contributed by atoms with E-state index in [-0.39, 0.29) is 16.9 Å². The highest BCUT2D eigenvalue weighted by molar-refractivity contribution is 7.80. The van der Waals surface area contributed by atoms with E-state index in [9.17, 15) is 9.59 Å². The monoisotopic (exact) mass is 460 g/mol. The zero-order chi connectivity index (χ0) is 23.2. The average molecular weight is 461 g/mol. The largest absolute Gasteiger partial charge is 0.368 e. The van der Waals surface area contributed by atoms with Crippen molar-refractivity contribution in [3.63, 3.8) is 0 Å². The third kappa shape index (κ3) is 5.68. The molecule has 1 fully saturated rings. The van der Waals surface area contributed by atoms with Crippen molar-refractivity contribution in [2.75, 3.05) is 36.4 Å². The van der Waals surface area contributed by atoms with Crippen LogP contribution in [0, 0.1) is 0 Å². The lowest BCUT2D eigenvalue weighted by Crippen LogP contribution is -2.48. The molecule has 1 aliphatic heterocycles. The summed E-state index contributed by atoms with van der Waals surface area (Å²) in [6.07, 6.45) is 1.51. The molecule has 4 rings (SSSR count). The van der Waals surface area contributed by atoms with E-state index in [2.05, 4.69) is 15.5 Å². The Bertz CT molecular complexity index is 1150. The van der Waals surface area contributed by atoms with Gasteiger partial charge in [0, 0.05) is 49.5 Å². The van der Waals surface area contributed by atoms with Gasteiger partial charge in [0.2, 0.25) is 5.91 Å². The van der Waals surface area contributed by atoms with E-state index in [1.165, 1.54) is 0 Å². The zero-order valence-electron chi connectivity index (χ0n) is 18.7. The molecule has 1 aliphatic rings. The smallest absolute Gasteiger partial charge is 0.257 e. The van der Waals surface area contributed by atoms with Crippen LogP contribution in [0.5, 0.6) is 0 Å². The molecule has 170 valence electrons. The first-order valence-corrected chi connectivity index (χ1v) is 11.7. The molecule has 7 heteroatoms. The normalized spacial score (nSPS) is 13.6. The third-order valence-electron chi connectivity index (χ3n) is 5.83. The Morgan fingerprint density at radius 3 is 2.30 bits per heavy atom. The molecule has 6 nitrogen and oxygen atoms in total. The Morgan fingerprint density at radius 1 is 0.909 bits per heavy atom. The Balaban J connectivity index is 1.30. The molecule has 3 aromatic carbocycles. The Kier molecular flexibility index (Phi) is 7.19. The summed E-state index contributed by atoms with van der Waals surface area (Å²) in [6, 6.07) is 21.4. The van der Waals surface area contributed by atoms with Gasteiger partial charge >= 0.3 is 0 Å². The third-order valence-corrected chi connectivity index (χ3v) is 6.03. The van der Waals surface area contributed by atoms with Crippen LogP contribution < -0.4 is 15.5 Å². The highest BCUT2D eigenvalue weighted by Crippen LogP contribution is 2.20. The molecule has 0 spiro atoms. The fraction of sp³-hybridized carbons (Fsp3) is 0.269. The number of hydrogen-bond acceptors (Lipinski definition) is 4. The first-order chi connectivity index (χ1) is 16.0. The molecule has 0 atom stereocenters. The predicted octanol–water partition coefficient (Wildman–Crippen LogP) is 4.42. The van der Waals surface area contributed by atoms with Crippen LogP contribution in [0.15, 0.2) is 66.7 Å². The summed E-state index contributed by atoms with van der Waals surface area (Å²) in [5.74, 6) is 0.00121.